The van der Waals surface area contributed by atoms with Crippen LogP contribution in [0.4, 0.5) is 15.3 Å². The Hall–Kier alpha value is -2.09. The third-order valence-corrected chi connectivity index (χ3v) is 5.34. The Balaban J connectivity index is 1.70. The van der Waals surface area contributed by atoms with Crippen molar-refractivity contribution in [2.75, 3.05) is 45.0 Å². The molecule has 8 heteroatoms. The quantitative estimate of drug-likeness (QED) is 0.743. The van der Waals surface area contributed by atoms with Gasteiger partial charge in [-0.15, -0.1) is 0 Å². The van der Waals surface area contributed by atoms with Crippen molar-refractivity contribution in [2.45, 2.75) is 26.2 Å². The summed E-state index contributed by atoms with van der Waals surface area (Å²) in [6.45, 7) is 3.91. The van der Waals surface area contributed by atoms with Crippen molar-refractivity contribution in [1.82, 2.24) is 4.90 Å². The number of likely N-dealkylation sites (tertiary alicyclic amines) is 1. The minimum atomic E-state index is -0.509. The first-order valence-electron chi connectivity index (χ1n) is 9.14. The number of ether oxygens (including phenoxy) is 3. The Kier molecular flexibility index (Phi) is 8.57. The Morgan fingerprint density at radius 3 is 2.59 bits per heavy atom. The van der Waals surface area contributed by atoms with Crippen LogP contribution in [0.2, 0.25) is 0 Å². The van der Waals surface area contributed by atoms with E-state index >= 15 is 0 Å². The third-order valence-electron chi connectivity index (χ3n) is 4.55. The molecule has 0 aliphatic carbocycles. The second-order valence-corrected chi connectivity index (χ2v) is 7.46. The van der Waals surface area contributed by atoms with Gasteiger partial charge in [-0.3, -0.25) is 10.1 Å². The van der Waals surface area contributed by atoms with Crippen LogP contribution in [0, 0.1) is 5.92 Å². The topological polar surface area (TPSA) is 77.1 Å². The second-order valence-electron chi connectivity index (χ2n) is 6.25. The standard InChI is InChI=1S/C19H28N2O5S/c1-4-27-19(23)21-10-7-14(8-11-21)9-12-26-18(22)20-16-6-5-15(24-2)13-17(16)25-3/h5-6,13-14H,4,7-12H2,1-3H3,(H,20,22). The van der Waals surface area contributed by atoms with Gasteiger partial charge in [0, 0.05) is 19.2 Å². The summed E-state index contributed by atoms with van der Waals surface area (Å²) in [5.41, 5.74) is 0.531. The molecule has 1 N–H and O–H groups in total. The van der Waals surface area contributed by atoms with Gasteiger partial charge in [0.25, 0.3) is 5.24 Å². The number of carbonyl (C=O) groups excluding carboxylic acids is 2. The number of nitrogens with one attached hydrogen (secondary N) is 1. The smallest absolute Gasteiger partial charge is 0.411 e. The molecule has 2 rings (SSSR count). The van der Waals surface area contributed by atoms with E-state index in [-0.39, 0.29) is 5.24 Å². The first kappa shape index (κ1) is 21.2. The average molecular weight is 397 g/mol. The zero-order chi connectivity index (χ0) is 19.6. The summed E-state index contributed by atoms with van der Waals surface area (Å²) in [4.78, 5) is 25.8. The number of anilines is 1. The summed E-state index contributed by atoms with van der Waals surface area (Å²) in [6, 6.07) is 5.14. The summed E-state index contributed by atoms with van der Waals surface area (Å²) in [5.74, 6) is 2.44. The van der Waals surface area contributed by atoms with Crippen LogP contribution < -0.4 is 14.8 Å². The highest BCUT2D eigenvalue weighted by Crippen LogP contribution is 2.29. The van der Waals surface area contributed by atoms with Crippen LogP contribution in [0.5, 0.6) is 11.5 Å². The fourth-order valence-electron chi connectivity index (χ4n) is 2.99. The van der Waals surface area contributed by atoms with Crippen LogP contribution in [0.15, 0.2) is 18.2 Å². The van der Waals surface area contributed by atoms with Gasteiger partial charge in [-0.1, -0.05) is 18.7 Å². The van der Waals surface area contributed by atoms with Gasteiger partial charge in [0.1, 0.15) is 11.5 Å². The summed E-state index contributed by atoms with van der Waals surface area (Å²) in [7, 11) is 3.10. The largest absolute Gasteiger partial charge is 0.497 e. The minimum Gasteiger partial charge on any atom is -0.497 e. The van der Waals surface area contributed by atoms with Crippen molar-refractivity contribution in [3.8, 4) is 11.5 Å². The molecule has 2 amide bonds. The number of rotatable bonds is 7. The zero-order valence-electron chi connectivity index (χ0n) is 16.2. The Bertz CT molecular complexity index is 633. The molecule has 0 saturated carbocycles. The molecule has 0 aromatic heterocycles. The van der Waals surface area contributed by atoms with E-state index in [1.54, 1.807) is 25.3 Å². The van der Waals surface area contributed by atoms with Crippen molar-refractivity contribution in [3.63, 3.8) is 0 Å². The Labute approximate surface area is 164 Å². The molecule has 1 aliphatic rings. The summed E-state index contributed by atoms with van der Waals surface area (Å²) < 4.78 is 15.7. The van der Waals surface area contributed by atoms with Crippen LogP contribution in [0.3, 0.4) is 0 Å². The SMILES string of the molecule is CCSC(=O)N1CCC(CCOC(=O)Nc2ccc(OC)cc2OC)CC1. The van der Waals surface area contributed by atoms with Gasteiger partial charge in [0.15, 0.2) is 0 Å². The summed E-state index contributed by atoms with van der Waals surface area (Å²) in [6.07, 6.45) is 2.20. The molecule has 1 heterocycles. The lowest BCUT2D eigenvalue weighted by Gasteiger charge is -2.31. The molecule has 0 unspecified atom stereocenters. The Morgan fingerprint density at radius 1 is 1.22 bits per heavy atom. The highest BCUT2D eigenvalue weighted by Gasteiger charge is 2.22. The van der Waals surface area contributed by atoms with Gasteiger partial charge in [0.2, 0.25) is 0 Å². The fourth-order valence-corrected chi connectivity index (χ4v) is 3.60. The number of carbonyl (C=O) groups is 2. The van der Waals surface area contributed by atoms with Crippen LogP contribution in [-0.2, 0) is 4.74 Å². The first-order chi connectivity index (χ1) is 13.1. The van der Waals surface area contributed by atoms with Crippen LogP contribution in [0.25, 0.3) is 0 Å². The van der Waals surface area contributed by atoms with E-state index in [1.807, 2.05) is 11.8 Å². The molecule has 1 aliphatic heterocycles. The van der Waals surface area contributed by atoms with E-state index in [1.165, 1.54) is 18.9 Å². The minimum absolute atomic E-state index is 0.167. The van der Waals surface area contributed by atoms with Gasteiger partial charge in [-0.2, -0.15) is 0 Å². The maximum atomic E-state index is 12.0. The van der Waals surface area contributed by atoms with Gasteiger partial charge >= 0.3 is 6.09 Å². The number of methoxy groups -OCH3 is 2. The van der Waals surface area contributed by atoms with E-state index in [0.717, 1.165) is 38.1 Å². The van der Waals surface area contributed by atoms with Gasteiger partial charge in [-0.25, -0.2) is 4.79 Å². The van der Waals surface area contributed by atoms with E-state index in [0.29, 0.717) is 29.7 Å². The van der Waals surface area contributed by atoms with Gasteiger partial charge < -0.3 is 19.1 Å². The average Bonchev–Trinajstić information content (AvgIpc) is 2.69. The van der Waals surface area contributed by atoms with E-state index in [4.69, 9.17) is 14.2 Å². The van der Waals surface area contributed by atoms with Gasteiger partial charge in [0.05, 0.1) is 26.5 Å². The number of benzene rings is 1. The third kappa shape index (κ3) is 6.53. The molecule has 7 nitrogen and oxygen atoms in total. The van der Waals surface area contributed by atoms with Crippen LogP contribution in [0.1, 0.15) is 26.2 Å². The number of hydrogen-bond acceptors (Lipinski definition) is 6. The fraction of sp³-hybridized carbons (Fsp3) is 0.579. The number of amides is 2. The molecule has 1 fully saturated rings. The maximum Gasteiger partial charge on any atom is 0.411 e. The lowest BCUT2D eigenvalue weighted by atomic mass is 9.94. The molecular weight excluding hydrogens is 368 g/mol. The first-order valence-corrected chi connectivity index (χ1v) is 10.1. The van der Waals surface area contributed by atoms with Crippen molar-refractivity contribution in [3.05, 3.63) is 18.2 Å². The molecule has 0 bridgehead atoms. The van der Waals surface area contributed by atoms with Crippen LogP contribution in [-0.4, -0.2) is 55.9 Å². The lowest BCUT2D eigenvalue weighted by Crippen LogP contribution is -2.36. The van der Waals surface area contributed by atoms with Crippen molar-refractivity contribution >= 4 is 28.8 Å². The number of nitrogens with zero attached hydrogens (tertiary/aromatic N) is 1. The second kappa shape index (κ2) is 10.9. The predicted molar refractivity (Wildman–Crippen MR) is 107 cm³/mol. The molecule has 0 spiro atoms. The van der Waals surface area contributed by atoms with Crippen molar-refractivity contribution in [2.24, 2.45) is 5.92 Å². The predicted octanol–water partition coefficient (Wildman–Crippen LogP) is 4.23. The van der Waals surface area contributed by atoms with E-state index < -0.39 is 6.09 Å². The molecule has 1 aromatic carbocycles. The zero-order valence-corrected chi connectivity index (χ0v) is 17.0. The number of piperidine rings is 1. The highest BCUT2D eigenvalue weighted by molar-refractivity contribution is 8.13. The molecular formula is C19H28N2O5S. The maximum absolute atomic E-state index is 12.0. The highest BCUT2D eigenvalue weighted by atomic mass is 32.2. The lowest BCUT2D eigenvalue weighted by molar-refractivity contribution is 0.140. The number of thioether (sulfide) groups is 1. The normalized spacial score (nSPS) is 14.6. The Morgan fingerprint density at radius 2 is 1.96 bits per heavy atom. The van der Waals surface area contributed by atoms with Crippen LogP contribution >= 0.6 is 11.8 Å². The molecule has 27 heavy (non-hydrogen) atoms. The molecule has 0 radical (unpaired) electrons. The van der Waals surface area contributed by atoms with E-state index in [9.17, 15) is 9.59 Å². The van der Waals surface area contributed by atoms with E-state index in [2.05, 4.69) is 5.32 Å². The van der Waals surface area contributed by atoms with Crippen molar-refractivity contribution < 1.29 is 23.8 Å². The number of hydrogen-bond donors (Lipinski definition) is 1. The molecule has 150 valence electrons. The summed E-state index contributed by atoms with van der Waals surface area (Å²) in [5, 5.41) is 2.86. The molecule has 1 aromatic rings. The summed E-state index contributed by atoms with van der Waals surface area (Å²) >= 11 is 1.36. The monoisotopic (exact) mass is 396 g/mol. The van der Waals surface area contributed by atoms with Gasteiger partial charge in [-0.05, 0) is 43.1 Å². The molecule has 0 atom stereocenters. The molecule has 1 saturated heterocycles. The van der Waals surface area contributed by atoms with Crippen molar-refractivity contribution in [1.29, 1.82) is 0 Å².